The summed E-state index contributed by atoms with van der Waals surface area (Å²) in [6.45, 7) is 1.68. The predicted molar refractivity (Wildman–Crippen MR) is 77.5 cm³/mol. The highest BCUT2D eigenvalue weighted by atomic mass is 32.2. The third-order valence-corrected chi connectivity index (χ3v) is 4.00. The van der Waals surface area contributed by atoms with E-state index in [0.29, 0.717) is 0 Å². The molecule has 3 N–H and O–H groups in total. The standard InChI is InChI=1S/C15H15NO2S/c1-10(15(17)18)11-6-8-12(9-7-11)19-14-5-3-2-4-13(14)16/h2-10H,16H2,1H3,(H,17,18). The van der Waals surface area contributed by atoms with Crippen LogP contribution in [-0.4, -0.2) is 11.1 Å². The first-order valence-corrected chi connectivity index (χ1v) is 6.74. The van der Waals surface area contributed by atoms with Crippen molar-refractivity contribution in [2.75, 3.05) is 5.73 Å². The van der Waals surface area contributed by atoms with Crippen molar-refractivity contribution in [3.8, 4) is 0 Å². The van der Waals surface area contributed by atoms with Crippen LogP contribution < -0.4 is 5.73 Å². The maximum Gasteiger partial charge on any atom is 0.310 e. The monoisotopic (exact) mass is 273 g/mol. The summed E-state index contributed by atoms with van der Waals surface area (Å²) in [5.74, 6) is -1.30. The number of nitrogens with two attached hydrogens (primary N) is 1. The van der Waals surface area contributed by atoms with Crippen LogP contribution in [0.2, 0.25) is 0 Å². The van der Waals surface area contributed by atoms with Gasteiger partial charge in [0.2, 0.25) is 0 Å². The molecular weight excluding hydrogens is 258 g/mol. The van der Waals surface area contributed by atoms with Gasteiger partial charge in [-0.3, -0.25) is 4.79 Å². The van der Waals surface area contributed by atoms with E-state index in [1.807, 2.05) is 48.5 Å². The van der Waals surface area contributed by atoms with Gasteiger partial charge in [0.25, 0.3) is 0 Å². The van der Waals surface area contributed by atoms with E-state index in [0.717, 1.165) is 21.0 Å². The van der Waals surface area contributed by atoms with Crippen LogP contribution in [0, 0.1) is 0 Å². The maximum absolute atomic E-state index is 10.9. The SMILES string of the molecule is CC(C(=O)O)c1ccc(Sc2ccccc2N)cc1. The third kappa shape index (κ3) is 3.29. The van der Waals surface area contributed by atoms with Gasteiger partial charge in [-0.15, -0.1) is 0 Å². The van der Waals surface area contributed by atoms with Crippen LogP contribution in [0.25, 0.3) is 0 Å². The Balaban J connectivity index is 2.15. The molecule has 1 unspecified atom stereocenters. The zero-order valence-corrected chi connectivity index (χ0v) is 11.4. The number of hydrogen-bond donors (Lipinski definition) is 2. The molecule has 0 aliphatic heterocycles. The summed E-state index contributed by atoms with van der Waals surface area (Å²) in [5, 5.41) is 8.95. The van der Waals surface area contributed by atoms with Gasteiger partial charge >= 0.3 is 5.97 Å². The lowest BCUT2D eigenvalue weighted by Gasteiger charge is -2.08. The van der Waals surface area contributed by atoms with Crippen LogP contribution in [0.4, 0.5) is 5.69 Å². The summed E-state index contributed by atoms with van der Waals surface area (Å²) in [5.41, 5.74) is 7.44. The summed E-state index contributed by atoms with van der Waals surface area (Å²) in [6.07, 6.45) is 0. The van der Waals surface area contributed by atoms with Gasteiger partial charge in [0, 0.05) is 15.5 Å². The summed E-state index contributed by atoms with van der Waals surface area (Å²) < 4.78 is 0. The van der Waals surface area contributed by atoms with Crippen molar-refractivity contribution in [2.45, 2.75) is 22.6 Å². The molecule has 0 saturated carbocycles. The van der Waals surface area contributed by atoms with Crippen molar-refractivity contribution in [1.29, 1.82) is 0 Å². The average Bonchev–Trinajstić information content (AvgIpc) is 2.41. The number of hydrogen-bond acceptors (Lipinski definition) is 3. The van der Waals surface area contributed by atoms with Crippen LogP contribution in [0.3, 0.4) is 0 Å². The summed E-state index contributed by atoms with van der Waals surface area (Å²) >= 11 is 1.57. The third-order valence-electron chi connectivity index (χ3n) is 2.90. The molecule has 0 aliphatic carbocycles. The number of para-hydroxylation sites is 1. The Morgan fingerprint density at radius 2 is 1.79 bits per heavy atom. The van der Waals surface area contributed by atoms with E-state index in [4.69, 9.17) is 10.8 Å². The van der Waals surface area contributed by atoms with Crippen molar-refractivity contribution in [2.24, 2.45) is 0 Å². The molecule has 4 heteroatoms. The van der Waals surface area contributed by atoms with E-state index in [-0.39, 0.29) is 0 Å². The van der Waals surface area contributed by atoms with Crippen LogP contribution in [-0.2, 0) is 4.79 Å². The van der Waals surface area contributed by atoms with Gasteiger partial charge in [0.1, 0.15) is 0 Å². The molecule has 2 rings (SSSR count). The minimum Gasteiger partial charge on any atom is -0.481 e. The second-order valence-corrected chi connectivity index (χ2v) is 5.38. The predicted octanol–water partition coefficient (Wildman–Crippen LogP) is 3.61. The van der Waals surface area contributed by atoms with Crippen molar-refractivity contribution in [1.82, 2.24) is 0 Å². The fourth-order valence-corrected chi connectivity index (χ4v) is 2.53. The molecular formula is C15H15NO2S. The van der Waals surface area contributed by atoms with Crippen molar-refractivity contribution in [3.63, 3.8) is 0 Å². The second-order valence-electron chi connectivity index (χ2n) is 4.27. The van der Waals surface area contributed by atoms with Gasteiger partial charge in [-0.05, 0) is 36.8 Å². The van der Waals surface area contributed by atoms with Crippen LogP contribution in [0.15, 0.2) is 58.3 Å². The number of carboxylic acid groups (broad SMARTS) is 1. The fraction of sp³-hybridized carbons (Fsp3) is 0.133. The summed E-state index contributed by atoms with van der Waals surface area (Å²) in [6, 6.07) is 15.2. The first-order chi connectivity index (χ1) is 9.08. The lowest BCUT2D eigenvalue weighted by Crippen LogP contribution is -2.06. The molecule has 2 aromatic carbocycles. The van der Waals surface area contributed by atoms with Crippen LogP contribution in [0.5, 0.6) is 0 Å². The van der Waals surface area contributed by atoms with E-state index in [2.05, 4.69) is 0 Å². The summed E-state index contributed by atoms with van der Waals surface area (Å²) in [7, 11) is 0. The van der Waals surface area contributed by atoms with Crippen molar-refractivity contribution in [3.05, 3.63) is 54.1 Å². The van der Waals surface area contributed by atoms with Gasteiger partial charge in [-0.25, -0.2) is 0 Å². The Kier molecular flexibility index (Phi) is 4.12. The molecule has 0 heterocycles. The summed E-state index contributed by atoms with van der Waals surface area (Å²) in [4.78, 5) is 12.9. The average molecular weight is 273 g/mol. The highest BCUT2D eigenvalue weighted by Gasteiger charge is 2.13. The normalized spacial score (nSPS) is 12.1. The Labute approximate surface area is 116 Å². The minimum atomic E-state index is -0.812. The number of anilines is 1. The highest BCUT2D eigenvalue weighted by Crippen LogP contribution is 2.32. The topological polar surface area (TPSA) is 63.3 Å². The number of rotatable bonds is 4. The maximum atomic E-state index is 10.9. The molecule has 0 amide bonds. The smallest absolute Gasteiger partial charge is 0.310 e. The van der Waals surface area contributed by atoms with Gasteiger partial charge < -0.3 is 10.8 Å². The van der Waals surface area contributed by atoms with Crippen molar-refractivity contribution < 1.29 is 9.90 Å². The molecule has 19 heavy (non-hydrogen) atoms. The molecule has 3 nitrogen and oxygen atoms in total. The van der Waals surface area contributed by atoms with Crippen molar-refractivity contribution >= 4 is 23.4 Å². The molecule has 2 aromatic rings. The largest absolute Gasteiger partial charge is 0.481 e. The zero-order valence-electron chi connectivity index (χ0n) is 10.5. The molecule has 0 aromatic heterocycles. The molecule has 0 saturated heterocycles. The number of aliphatic carboxylic acids is 1. The Morgan fingerprint density at radius 1 is 1.16 bits per heavy atom. The van der Waals surface area contributed by atoms with E-state index in [1.165, 1.54) is 0 Å². The van der Waals surface area contributed by atoms with Crippen LogP contribution in [0.1, 0.15) is 18.4 Å². The molecule has 0 bridgehead atoms. The number of benzene rings is 2. The molecule has 0 spiro atoms. The van der Waals surface area contributed by atoms with Gasteiger partial charge in [-0.1, -0.05) is 36.0 Å². The molecule has 0 radical (unpaired) electrons. The van der Waals surface area contributed by atoms with E-state index in [9.17, 15) is 4.79 Å². The first kappa shape index (κ1) is 13.5. The highest BCUT2D eigenvalue weighted by molar-refractivity contribution is 7.99. The number of nitrogen functional groups attached to an aromatic ring is 1. The first-order valence-electron chi connectivity index (χ1n) is 5.93. The lowest BCUT2D eigenvalue weighted by atomic mass is 10.0. The zero-order chi connectivity index (χ0) is 13.8. The second kappa shape index (κ2) is 5.80. The molecule has 1 atom stereocenters. The van der Waals surface area contributed by atoms with Gasteiger partial charge in [-0.2, -0.15) is 0 Å². The van der Waals surface area contributed by atoms with Gasteiger partial charge in [0.05, 0.1) is 5.92 Å². The Hall–Kier alpha value is -1.94. The molecule has 98 valence electrons. The number of carbonyl (C=O) groups is 1. The van der Waals surface area contributed by atoms with E-state index >= 15 is 0 Å². The van der Waals surface area contributed by atoms with E-state index in [1.54, 1.807) is 18.7 Å². The quantitative estimate of drug-likeness (QED) is 0.835. The Bertz CT molecular complexity index is 581. The van der Waals surface area contributed by atoms with Crippen LogP contribution >= 0.6 is 11.8 Å². The fourth-order valence-electron chi connectivity index (χ4n) is 1.67. The molecule has 0 fully saturated rings. The Morgan fingerprint density at radius 3 is 2.37 bits per heavy atom. The lowest BCUT2D eigenvalue weighted by molar-refractivity contribution is -0.138. The van der Waals surface area contributed by atoms with Gasteiger partial charge in [0.15, 0.2) is 0 Å². The molecule has 0 aliphatic rings. The minimum absolute atomic E-state index is 0.485. The number of carboxylic acids is 1. The van der Waals surface area contributed by atoms with E-state index < -0.39 is 11.9 Å².